The van der Waals surface area contributed by atoms with Crippen molar-refractivity contribution < 1.29 is 4.74 Å². The molecule has 0 spiro atoms. The highest BCUT2D eigenvalue weighted by molar-refractivity contribution is 4.84. The minimum Gasteiger partial charge on any atom is -0.375 e. The van der Waals surface area contributed by atoms with Crippen LogP contribution in [0.1, 0.15) is 25.7 Å². The van der Waals surface area contributed by atoms with E-state index in [4.69, 9.17) is 4.74 Å². The lowest BCUT2D eigenvalue weighted by Gasteiger charge is -2.36. The highest BCUT2D eigenvalue weighted by Gasteiger charge is 2.27. The Balaban J connectivity index is 1.93. The summed E-state index contributed by atoms with van der Waals surface area (Å²) in [7, 11) is 0. The van der Waals surface area contributed by atoms with Crippen LogP contribution in [0.15, 0.2) is 0 Å². The molecule has 2 atom stereocenters. The molecule has 1 heterocycles. The van der Waals surface area contributed by atoms with E-state index in [0.29, 0.717) is 12.1 Å². The summed E-state index contributed by atoms with van der Waals surface area (Å²) in [6.45, 7) is 1.97. The molecule has 2 nitrogen and oxygen atoms in total. The van der Waals surface area contributed by atoms with Crippen LogP contribution in [-0.2, 0) is 4.74 Å². The van der Waals surface area contributed by atoms with E-state index in [9.17, 15) is 0 Å². The van der Waals surface area contributed by atoms with Gasteiger partial charge in [-0.05, 0) is 12.8 Å². The number of fused-ring (bicyclic) bond motifs is 1. The van der Waals surface area contributed by atoms with Crippen molar-refractivity contribution in [3.8, 4) is 0 Å². The molecule has 2 heteroatoms. The van der Waals surface area contributed by atoms with Crippen molar-refractivity contribution in [1.82, 2.24) is 5.32 Å². The Morgan fingerprint density at radius 2 is 2.10 bits per heavy atom. The van der Waals surface area contributed by atoms with Crippen LogP contribution < -0.4 is 5.32 Å². The molecule has 2 aliphatic rings. The molecule has 1 saturated heterocycles. The van der Waals surface area contributed by atoms with Crippen molar-refractivity contribution in [1.29, 1.82) is 0 Å². The van der Waals surface area contributed by atoms with E-state index in [1.807, 2.05) is 0 Å². The molecule has 0 aromatic rings. The van der Waals surface area contributed by atoms with Gasteiger partial charge >= 0.3 is 0 Å². The van der Waals surface area contributed by atoms with Crippen LogP contribution in [0.4, 0.5) is 0 Å². The largest absolute Gasteiger partial charge is 0.375 e. The molecule has 0 radical (unpaired) electrons. The fraction of sp³-hybridized carbons (Fsp3) is 1.00. The molecule has 58 valence electrons. The summed E-state index contributed by atoms with van der Waals surface area (Å²) < 4.78 is 5.62. The maximum atomic E-state index is 5.62. The first-order valence-electron chi connectivity index (χ1n) is 4.32. The Morgan fingerprint density at radius 3 is 3.00 bits per heavy atom. The van der Waals surface area contributed by atoms with Gasteiger partial charge in [0.2, 0.25) is 0 Å². The fourth-order valence-corrected chi connectivity index (χ4v) is 1.98. The molecular weight excluding hydrogens is 126 g/mol. The van der Waals surface area contributed by atoms with E-state index >= 15 is 0 Å². The molecule has 0 unspecified atom stereocenters. The lowest BCUT2D eigenvalue weighted by atomic mass is 9.92. The van der Waals surface area contributed by atoms with Crippen LogP contribution in [0.3, 0.4) is 0 Å². The van der Waals surface area contributed by atoms with Crippen LogP contribution in [0, 0.1) is 0 Å². The third kappa shape index (κ3) is 1.18. The summed E-state index contributed by atoms with van der Waals surface area (Å²) in [5, 5.41) is 3.50. The van der Waals surface area contributed by atoms with Crippen LogP contribution in [0.25, 0.3) is 0 Å². The van der Waals surface area contributed by atoms with E-state index in [2.05, 4.69) is 5.32 Å². The van der Waals surface area contributed by atoms with Gasteiger partial charge in [-0.3, -0.25) is 0 Å². The third-order valence-corrected chi connectivity index (χ3v) is 2.54. The maximum Gasteiger partial charge on any atom is 0.0728 e. The molecule has 2 fully saturated rings. The second-order valence-corrected chi connectivity index (χ2v) is 3.25. The monoisotopic (exact) mass is 141 g/mol. The molecule has 0 amide bonds. The molecule has 1 saturated carbocycles. The van der Waals surface area contributed by atoms with Gasteiger partial charge < -0.3 is 10.1 Å². The lowest BCUT2D eigenvalue weighted by molar-refractivity contribution is -0.0235. The van der Waals surface area contributed by atoms with Crippen LogP contribution in [0.2, 0.25) is 0 Å². The minimum absolute atomic E-state index is 0.544. The van der Waals surface area contributed by atoms with Crippen molar-refractivity contribution >= 4 is 0 Å². The van der Waals surface area contributed by atoms with Crippen molar-refractivity contribution in [2.45, 2.75) is 37.8 Å². The summed E-state index contributed by atoms with van der Waals surface area (Å²) in [6, 6.07) is 0.683. The van der Waals surface area contributed by atoms with E-state index in [1.165, 1.54) is 25.7 Å². The van der Waals surface area contributed by atoms with E-state index < -0.39 is 0 Å². The lowest BCUT2D eigenvalue weighted by Crippen LogP contribution is -2.49. The molecule has 0 aromatic heterocycles. The van der Waals surface area contributed by atoms with Gasteiger partial charge in [0, 0.05) is 12.6 Å². The normalized spacial score (nSPS) is 40.8. The van der Waals surface area contributed by atoms with Crippen LogP contribution in [0.5, 0.6) is 0 Å². The van der Waals surface area contributed by atoms with E-state index in [-0.39, 0.29) is 0 Å². The van der Waals surface area contributed by atoms with Gasteiger partial charge in [0.05, 0.1) is 12.7 Å². The summed E-state index contributed by atoms with van der Waals surface area (Å²) in [5.74, 6) is 0. The number of ether oxygens (including phenoxy) is 1. The van der Waals surface area contributed by atoms with Gasteiger partial charge in [0.1, 0.15) is 0 Å². The predicted octanol–water partition coefficient (Wildman–Crippen LogP) is 0.917. The number of morpholine rings is 1. The van der Waals surface area contributed by atoms with Gasteiger partial charge in [-0.15, -0.1) is 0 Å². The van der Waals surface area contributed by atoms with Gasteiger partial charge in [0.15, 0.2) is 0 Å². The van der Waals surface area contributed by atoms with Crippen LogP contribution >= 0.6 is 0 Å². The second-order valence-electron chi connectivity index (χ2n) is 3.25. The molecular formula is C8H15NO. The Morgan fingerprint density at radius 1 is 1.20 bits per heavy atom. The standard InChI is InChI=1S/C8H15NO/c1-2-4-8-7(3-1)9-5-6-10-8/h7-9H,1-6H2/t7-,8+/m0/s1. The molecule has 1 N–H and O–H groups in total. The summed E-state index contributed by atoms with van der Waals surface area (Å²) in [4.78, 5) is 0. The van der Waals surface area contributed by atoms with Gasteiger partial charge in [-0.25, -0.2) is 0 Å². The topological polar surface area (TPSA) is 21.3 Å². The van der Waals surface area contributed by atoms with Crippen molar-refractivity contribution in [2.75, 3.05) is 13.2 Å². The van der Waals surface area contributed by atoms with Gasteiger partial charge in [-0.2, -0.15) is 0 Å². The van der Waals surface area contributed by atoms with Gasteiger partial charge in [0.25, 0.3) is 0 Å². The highest BCUT2D eigenvalue weighted by Crippen LogP contribution is 2.22. The van der Waals surface area contributed by atoms with Crippen molar-refractivity contribution in [3.05, 3.63) is 0 Å². The third-order valence-electron chi connectivity index (χ3n) is 2.54. The zero-order valence-electron chi connectivity index (χ0n) is 6.31. The smallest absolute Gasteiger partial charge is 0.0728 e. The summed E-state index contributed by atoms with van der Waals surface area (Å²) in [5.41, 5.74) is 0. The van der Waals surface area contributed by atoms with Crippen molar-refractivity contribution in [3.63, 3.8) is 0 Å². The molecule has 1 aliphatic heterocycles. The quantitative estimate of drug-likeness (QED) is 0.541. The van der Waals surface area contributed by atoms with E-state index in [1.54, 1.807) is 0 Å². The fourth-order valence-electron chi connectivity index (χ4n) is 1.98. The summed E-state index contributed by atoms with van der Waals surface area (Å²) in [6.07, 6.45) is 5.89. The van der Waals surface area contributed by atoms with E-state index in [0.717, 1.165) is 13.2 Å². The van der Waals surface area contributed by atoms with Crippen molar-refractivity contribution in [2.24, 2.45) is 0 Å². The molecule has 10 heavy (non-hydrogen) atoms. The Labute approximate surface area is 61.9 Å². The second kappa shape index (κ2) is 2.89. The number of nitrogens with one attached hydrogen (secondary N) is 1. The zero-order chi connectivity index (χ0) is 6.81. The molecule has 1 aliphatic carbocycles. The number of hydrogen-bond acceptors (Lipinski definition) is 2. The molecule has 0 aromatic carbocycles. The SMILES string of the molecule is C1CC[C@H]2OCCN[C@H]2C1. The first-order chi connectivity index (χ1) is 4.97. The molecule has 2 rings (SSSR count). The number of rotatable bonds is 0. The summed E-state index contributed by atoms with van der Waals surface area (Å²) >= 11 is 0. The maximum absolute atomic E-state index is 5.62. The predicted molar refractivity (Wildman–Crippen MR) is 40.0 cm³/mol. The Hall–Kier alpha value is -0.0800. The zero-order valence-corrected chi connectivity index (χ0v) is 6.31. The first kappa shape index (κ1) is 6.62. The first-order valence-corrected chi connectivity index (χ1v) is 4.32. The average Bonchev–Trinajstić information content (AvgIpc) is 2.05. The Bertz CT molecular complexity index is 89.8. The van der Waals surface area contributed by atoms with Crippen LogP contribution in [-0.4, -0.2) is 25.3 Å². The number of hydrogen-bond donors (Lipinski definition) is 1. The Kier molecular flexibility index (Phi) is 1.91. The minimum atomic E-state index is 0.544. The molecule has 0 bridgehead atoms. The average molecular weight is 141 g/mol. The van der Waals surface area contributed by atoms with Gasteiger partial charge in [-0.1, -0.05) is 12.8 Å². The highest BCUT2D eigenvalue weighted by atomic mass is 16.5.